The van der Waals surface area contributed by atoms with Gasteiger partial charge in [0.15, 0.2) is 0 Å². The minimum absolute atomic E-state index is 0.0744. The molecule has 0 saturated carbocycles. The van der Waals surface area contributed by atoms with Crippen LogP contribution in [-0.2, 0) is 17.5 Å². The van der Waals surface area contributed by atoms with Gasteiger partial charge in [0.1, 0.15) is 5.75 Å². The van der Waals surface area contributed by atoms with Gasteiger partial charge < -0.3 is 30.1 Å². The molecule has 0 saturated heterocycles. The zero-order valence-electron chi connectivity index (χ0n) is 27.7. The van der Waals surface area contributed by atoms with Crippen LogP contribution in [0.1, 0.15) is 75.4 Å². The summed E-state index contributed by atoms with van der Waals surface area (Å²) in [6, 6.07) is 9.13. The van der Waals surface area contributed by atoms with E-state index in [2.05, 4.69) is 10.6 Å². The van der Waals surface area contributed by atoms with Gasteiger partial charge in [-0.2, -0.15) is 13.2 Å². The molecule has 2 aromatic carbocycles. The number of fused-ring (bicyclic) bond motifs is 1. The number of alkyl halides is 3. The summed E-state index contributed by atoms with van der Waals surface area (Å²) in [5, 5.41) is 15.7. The van der Waals surface area contributed by atoms with Gasteiger partial charge in [-0.15, -0.1) is 0 Å². The maximum atomic E-state index is 14.2. The molecule has 12 heteroatoms. The quantitative estimate of drug-likeness (QED) is 0.316. The SMILES string of the molecule is CC(C)NC(=O)Nc1ccc2c(c1)C(=O)N([C@H](C)CO)C[C@@H](C)[C@H](CN(C)Cc1ccc(C(F)(F)F)cc1)OCCCC[C@H](C)O2. The lowest BCUT2D eigenvalue weighted by Gasteiger charge is -2.36. The third-order valence-corrected chi connectivity index (χ3v) is 7.95. The van der Waals surface area contributed by atoms with Crippen molar-refractivity contribution in [1.29, 1.82) is 0 Å². The van der Waals surface area contributed by atoms with Crippen LogP contribution >= 0.6 is 0 Å². The van der Waals surface area contributed by atoms with Gasteiger partial charge in [0.25, 0.3) is 5.91 Å². The fourth-order valence-electron chi connectivity index (χ4n) is 5.37. The predicted molar refractivity (Wildman–Crippen MR) is 172 cm³/mol. The topological polar surface area (TPSA) is 103 Å². The molecule has 0 bridgehead atoms. The molecule has 256 valence electrons. The Morgan fingerprint density at radius 1 is 1.11 bits per heavy atom. The van der Waals surface area contributed by atoms with Crippen LogP contribution in [0.2, 0.25) is 0 Å². The highest BCUT2D eigenvalue weighted by Gasteiger charge is 2.31. The number of nitrogens with one attached hydrogen (secondary N) is 2. The molecular weight excluding hydrogens is 601 g/mol. The number of rotatable bonds is 8. The van der Waals surface area contributed by atoms with E-state index < -0.39 is 23.8 Å². The van der Waals surface area contributed by atoms with Crippen molar-refractivity contribution in [2.24, 2.45) is 5.92 Å². The number of anilines is 1. The first-order chi connectivity index (χ1) is 21.7. The lowest BCUT2D eigenvalue weighted by atomic mass is 10.0. The maximum Gasteiger partial charge on any atom is 0.416 e. The standard InChI is InChI=1S/C34H49F3N4O5/c1-22(2)38-33(44)39-28-14-15-30-29(17-28)32(43)41(24(4)21-42)18-23(3)31(45-16-8-7-9-25(5)46-30)20-40(6)19-26-10-12-27(13-11-26)34(35,36)37/h10-15,17,22-25,31,42H,7-9,16,18-21H2,1-6H3,(H2,38,39,44)/t23-,24-,25+,31+/m1/s1. The molecule has 3 N–H and O–H groups in total. The van der Waals surface area contributed by atoms with Gasteiger partial charge in [0.2, 0.25) is 0 Å². The number of likely N-dealkylation sites (N-methyl/N-ethyl adjacent to an activating group) is 1. The van der Waals surface area contributed by atoms with Gasteiger partial charge in [-0.05, 0) is 89.9 Å². The van der Waals surface area contributed by atoms with Gasteiger partial charge in [0, 0.05) is 43.9 Å². The Labute approximate surface area is 270 Å². The summed E-state index contributed by atoms with van der Waals surface area (Å²) in [5.41, 5.74) is 0.758. The normalized spacial score (nSPS) is 20.9. The fraction of sp³-hybridized carbons (Fsp3) is 0.588. The van der Waals surface area contributed by atoms with Crippen molar-refractivity contribution < 1.29 is 37.3 Å². The highest BCUT2D eigenvalue weighted by molar-refractivity contribution is 5.99. The van der Waals surface area contributed by atoms with Crippen molar-refractivity contribution in [1.82, 2.24) is 15.1 Å². The number of aliphatic hydroxyl groups excluding tert-OH is 1. The van der Waals surface area contributed by atoms with Crippen LogP contribution in [0.25, 0.3) is 0 Å². The van der Waals surface area contributed by atoms with E-state index in [1.807, 2.05) is 39.6 Å². The van der Waals surface area contributed by atoms with Gasteiger partial charge in [0.05, 0.1) is 36.0 Å². The second kappa shape index (κ2) is 17.0. The Kier molecular flexibility index (Phi) is 13.7. The summed E-state index contributed by atoms with van der Waals surface area (Å²) in [5.74, 6) is -0.119. The molecule has 0 radical (unpaired) electrons. The van der Waals surface area contributed by atoms with E-state index in [1.165, 1.54) is 12.1 Å². The van der Waals surface area contributed by atoms with Crippen molar-refractivity contribution in [3.05, 3.63) is 59.2 Å². The van der Waals surface area contributed by atoms with E-state index in [0.29, 0.717) is 31.1 Å². The molecule has 3 rings (SSSR count). The average Bonchev–Trinajstić information content (AvgIpc) is 2.98. The third-order valence-electron chi connectivity index (χ3n) is 7.95. The number of ether oxygens (including phenoxy) is 2. The average molecular weight is 651 g/mol. The number of aliphatic hydroxyl groups is 1. The summed E-state index contributed by atoms with van der Waals surface area (Å²) in [7, 11) is 1.89. The van der Waals surface area contributed by atoms with Crippen LogP contribution in [0.5, 0.6) is 5.75 Å². The van der Waals surface area contributed by atoms with Crippen LogP contribution < -0.4 is 15.4 Å². The second-order valence-electron chi connectivity index (χ2n) is 12.7. The van der Waals surface area contributed by atoms with Crippen molar-refractivity contribution in [2.45, 2.75) is 90.9 Å². The summed E-state index contributed by atoms with van der Waals surface area (Å²) in [4.78, 5) is 30.2. The number of halogens is 3. The fourth-order valence-corrected chi connectivity index (χ4v) is 5.37. The number of benzene rings is 2. The van der Waals surface area contributed by atoms with E-state index in [1.54, 1.807) is 30.0 Å². The number of nitrogens with zero attached hydrogens (tertiary/aromatic N) is 2. The van der Waals surface area contributed by atoms with Gasteiger partial charge in [-0.25, -0.2) is 4.79 Å². The Morgan fingerprint density at radius 3 is 2.43 bits per heavy atom. The van der Waals surface area contributed by atoms with E-state index in [9.17, 15) is 27.9 Å². The van der Waals surface area contributed by atoms with Crippen molar-refractivity contribution in [3.8, 4) is 5.75 Å². The van der Waals surface area contributed by atoms with Crippen molar-refractivity contribution >= 4 is 17.6 Å². The first-order valence-electron chi connectivity index (χ1n) is 15.9. The minimum Gasteiger partial charge on any atom is -0.490 e. The van der Waals surface area contributed by atoms with Crippen LogP contribution in [-0.4, -0.2) is 84.5 Å². The number of carbonyl (C=O) groups is 2. The Balaban J connectivity index is 1.87. The summed E-state index contributed by atoms with van der Waals surface area (Å²) in [6.07, 6.45) is -2.50. The molecule has 1 aliphatic rings. The molecule has 0 aromatic heterocycles. The maximum absolute atomic E-state index is 14.2. The molecule has 3 amide bonds. The molecule has 0 spiro atoms. The molecule has 0 aliphatic carbocycles. The number of amides is 3. The van der Waals surface area contributed by atoms with Gasteiger partial charge >= 0.3 is 12.2 Å². The zero-order valence-corrected chi connectivity index (χ0v) is 27.7. The van der Waals surface area contributed by atoms with E-state index in [-0.39, 0.29) is 48.8 Å². The zero-order chi connectivity index (χ0) is 34.0. The largest absolute Gasteiger partial charge is 0.490 e. The first kappa shape index (κ1) is 37.1. The highest BCUT2D eigenvalue weighted by Crippen LogP contribution is 2.30. The molecule has 1 heterocycles. The monoisotopic (exact) mass is 650 g/mol. The number of hydrogen-bond donors (Lipinski definition) is 3. The molecule has 1 aliphatic heterocycles. The highest BCUT2D eigenvalue weighted by atomic mass is 19.4. The van der Waals surface area contributed by atoms with E-state index in [4.69, 9.17) is 9.47 Å². The molecule has 46 heavy (non-hydrogen) atoms. The van der Waals surface area contributed by atoms with Crippen molar-refractivity contribution in [3.63, 3.8) is 0 Å². The third kappa shape index (κ3) is 11.2. The molecule has 0 unspecified atom stereocenters. The predicted octanol–water partition coefficient (Wildman–Crippen LogP) is 6.16. The van der Waals surface area contributed by atoms with Gasteiger partial charge in [-0.1, -0.05) is 19.1 Å². The van der Waals surface area contributed by atoms with Crippen LogP contribution in [0, 0.1) is 5.92 Å². The second-order valence-corrected chi connectivity index (χ2v) is 12.7. The molecule has 2 aromatic rings. The molecule has 0 fully saturated rings. The number of carbonyl (C=O) groups excluding carboxylic acids is 2. The van der Waals surface area contributed by atoms with E-state index >= 15 is 0 Å². The Bertz CT molecular complexity index is 1270. The lowest BCUT2D eigenvalue weighted by molar-refractivity contribution is -0.137. The van der Waals surface area contributed by atoms with Crippen molar-refractivity contribution in [2.75, 3.05) is 38.7 Å². The molecular formula is C34H49F3N4O5. The summed E-state index contributed by atoms with van der Waals surface area (Å²) < 4.78 is 51.7. The molecule has 9 nitrogen and oxygen atoms in total. The van der Waals surface area contributed by atoms with Gasteiger partial charge in [-0.3, -0.25) is 9.69 Å². The Hall–Kier alpha value is -3.35. The number of urea groups is 1. The number of hydrogen-bond acceptors (Lipinski definition) is 6. The van der Waals surface area contributed by atoms with E-state index in [0.717, 1.165) is 37.0 Å². The lowest BCUT2D eigenvalue weighted by Crippen LogP contribution is -2.47. The summed E-state index contributed by atoms with van der Waals surface area (Å²) >= 11 is 0. The smallest absolute Gasteiger partial charge is 0.416 e. The first-order valence-corrected chi connectivity index (χ1v) is 15.9. The minimum atomic E-state index is -4.39. The van der Waals surface area contributed by atoms with Crippen LogP contribution in [0.3, 0.4) is 0 Å². The molecule has 4 atom stereocenters. The summed E-state index contributed by atoms with van der Waals surface area (Å²) in [6.45, 7) is 10.8. The Morgan fingerprint density at radius 2 is 1.80 bits per heavy atom. The van der Waals surface area contributed by atoms with Crippen LogP contribution in [0.15, 0.2) is 42.5 Å². The van der Waals surface area contributed by atoms with Crippen LogP contribution in [0.4, 0.5) is 23.7 Å².